The lowest BCUT2D eigenvalue weighted by atomic mass is 10.2. The van der Waals surface area contributed by atoms with Crippen LogP contribution in [0.1, 0.15) is 16.3 Å². The summed E-state index contributed by atoms with van der Waals surface area (Å²) in [5, 5.41) is 6.62. The highest BCUT2D eigenvalue weighted by atomic mass is 32.1. The summed E-state index contributed by atoms with van der Waals surface area (Å²) in [6.45, 7) is 3.78. The van der Waals surface area contributed by atoms with Gasteiger partial charge in [-0.2, -0.15) is 0 Å². The average molecular weight is 218 g/mol. The lowest BCUT2D eigenvalue weighted by molar-refractivity contribution is 0.689. The van der Waals surface area contributed by atoms with Crippen LogP contribution in [0.2, 0.25) is 0 Å². The quantitative estimate of drug-likeness (QED) is 0.853. The first kappa shape index (κ1) is 10.3. The Morgan fingerprint density at radius 1 is 1.20 bits per heavy atom. The summed E-state index contributed by atoms with van der Waals surface area (Å²) < 4.78 is 0. The molecule has 0 radical (unpaired) electrons. The van der Waals surface area contributed by atoms with Gasteiger partial charge < -0.3 is 5.32 Å². The van der Waals surface area contributed by atoms with E-state index < -0.39 is 0 Å². The monoisotopic (exact) mass is 218 g/mol. The van der Waals surface area contributed by atoms with E-state index in [2.05, 4.69) is 39.9 Å². The molecule has 0 unspecified atom stereocenters. The Bertz CT molecular complexity index is 409. The fraction of sp³-hybridized carbons (Fsp3) is 0.250. The molecule has 0 saturated heterocycles. The predicted octanol–water partition coefficient (Wildman–Crippen LogP) is 2.74. The van der Waals surface area contributed by atoms with E-state index in [0.717, 1.165) is 23.8 Å². The molecular weight excluding hydrogens is 204 g/mol. The summed E-state index contributed by atoms with van der Waals surface area (Å²) in [4.78, 5) is 4.40. The lowest BCUT2D eigenvalue weighted by Crippen LogP contribution is -2.12. The minimum absolute atomic E-state index is 0.855. The van der Waals surface area contributed by atoms with E-state index in [9.17, 15) is 0 Å². The maximum absolute atomic E-state index is 4.40. The molecule has 0 aliphatic heterocycles. The molecular formula is C12H14N2S. The SMILES string of the molecule is Cc1csc(CNCc2ccccc2)n1. The maximum atomic E-state index is 4.40. The number of benzene rings is 1. The second kappa shape index (κ2) is 5.05. The number of thiazole rings is 1. The van der Waals surface area contributed by atoms with E-state index in [-0.39, 0.29) is 0 Å². The molecule has 0 saturated carbocycles. The van der Waals surface area contributed by atoms with Crippen LogP contribution in [0.25, 0.3) is 0 Å². The molecule has 0 amide bonds. The van der Waals surface area contributed by atoms with Gasteiger partial charge in [-0.1, -0.05) is 30.3 Å². The number of aromatic nitrogens is 1. The van der Waals surface area contributed by atoms with Crippen molar-refractivity contribution < 1.29 is 0 Å². The lowest BCUT2D eigenvalue weighted by Gasteiger charge is -2.01. The number of aryl methyl sites for hydroxylation is 1. The number of hydrogen-bond donors (Lipinski definition) is 1. The van der Waals surface area contributed by atoms with Crippen LogP contribution in [0.3, 0.4) is 0 Å². The van der Waals surface area contributed by atoms with Crippen LogP contribution in [0.5, 0.6) is 0 Å². The summed E-state index contributed by atoms with van der Waals surface area (Å²) in [6, 6.07) is 10.4. The van der Waals surface area contributed by atoms with Crippen molar-refractivity contribution in [2.45, 2.75) is 20.0 Å². The zero-order valence-electron chi connectivity index (χ0n) is 8.73. The fourth-order valence-corrected chi connectivity index (χ4v) is 2.13. The van der Waals surface area contributed by atoms with E-state index in [1.165, 1.54) is 5.56 Å². The van der Waals surface area contributed by atoms with Gasteiger partial charge in [0, 0.05) is 24.2 Å². The standard InChI is InChI=1S/C12H14N2S/c1-10-9-15-12(14-10)8-13-7-11-5-3-2-4-6-11/h2-6,9,13H,7-8H2,1H3. The summed E-state index contributed by atoms with van der Waals surface area (Å²) in [7, 11) is 0. The minimum Gasteiger partial charge on any atom is -0.306 e. The Kier molecular flexibility index (Phi) is 3.48. The van der Waals surface area contributed by atoms with E-state index in [0.29, 0.717) is 0 Å². The Morgan fingerprint density at radius 2 is 2.00 bits per heavy atom. The molecule has 0 bridgehead atoms. The first-order chi connectivity index (χ1) is 7.34. The van der Waals surface area contributed by atoms with Crippen LogP contribution in [0.4, 0.5) is 0 Å². The molecule has 2 rings (SSSR count). The summed E-state index contributed by atoms with van der Waals surface area (Å²) >= 11 is 1.71. The van der Waals surface area contributed by atoms with Crippen LogP contribution in [-0.4, -0.2) is 4.98 Å². The normalized spacial score (nSPS) is 10.5. The van der Waals surface area contributed by atoms with E-state index >= 15 is 0 Å². The van der Waals surface area contributed by atoms with Crippen molar-refractivity contribution in [3.8, 4) is 0 Å². The van der Waals surface area contributed by atoms with Crippen molar-refractivity contribution >= 4 is 11.3 Å². The van der Waals surface area contributed by atoms with Crippen LogP contribution < -0.4 is 5.32 Å². The Balaban J connectivity index is 1.80. The van der Waals surface area contributed by atoms with Gasteiger partial charge in [-0.25, -0.2) is 4.98 Å². The summed E-state index contributed by atoms with van der Waals surface area (Å²) in [5.74, 6) is 0. The largest absolute Gasteiger partial charge is 0.306 e. The zero-order chi connectivity index (χ0) is 10.5. The van der Waals surface area contributed by atoms with Crippen LogP contribution in [0, 0.1) is 6.92 Å². The Labute approximate surface area is 94.0 Å². The second-order valence-electron chi connectivity index (χ2n) is 3.47. The molecule has 0 aliphatic carbocycles. The highest BCUT2D eigenvalue weighted by Gasteiger charge is 1.97. The molecule has 0 fully saturated rings. The third-order valence-electron chi connectivity index (χ3n) is 2.11. The predicted molar refractivity (Wildman–Crippen MR) is 63.8 cm³/mol. The van der Waals surface area contributed by atoms with Crippen molar-refractivity contribution in [3.63, 3.8) is 0 Å². The average Bonchev–Trinajstić information content (AvgIpc) is 2.66. The van der Waals surface area contributed by atoms with Crippen molar-refractivity contribution in [2.24, 2.45) is 0 Å². The first-order valence-electron chi connectivity index (χ1n) is 5.00. The van der Waals surface area contributed by atoms with E-state index in [4.69, 9.17) is 0 Å². The summed E-state index contributed by atoms with van der Waals surface area (Å²) in [5.41, 5.74) is 2.42. The molecule has 2 nitrogen and oxygen atoms in total. The third-order valence-corrected chi connectivity index (χ3v) is 3.08. The molecule has 15 heavy (non-hydrogen) atoms. The molecule has 0 spiro atoms. The van der Waals surface area contributed by atoms with Crippen molar-refractivity contribution in [1.82, 2.24) is 10.3 Å². The van der Waals surface area contributed by atoms with Crippen molar-refractivity contribution in [2.75, 3.05) is 0 Å². The molecule has 1 heterocycles. The Hall–Kier alpha value is -1.19. The number of nitrogens with zero attached hydrogens (tertiary/aromatic N) is 1. The topological polar surface area (TPSA) is 24.9 Å². The van der Waals surface area contributed by atoms with Crippen molar-refractivity contribution in [1.29, 1.82) is 0 Å². The van der Waals surface area contributed by atoms with Gasteiger partial charge in [-0.05, 0) is 12.5 Å². The van der Waals surface area contributed by atoms with Gasteiger partial charge in [0.1, 0.15) is 5.01 Å². The fourth-order valence-electron chi connectivity index (χ4n) is 1.39. The molecule has 1 aromatic heterocycles. The van der Waals surface area contributed by atoms with Gasteiger partial charge in [-0.3, -0.25) is 0 Å². The molecule has 3 heteroatoms. The van der Waals surface area contributed by atoms with Gasteiger partial charge in [0.05, 0.1) is 0 Å². The zero-order valence-corrected chi connectivity index (χ0v) is 9.55. The second-order valence-corrected chi connectivity index (χ2v) is 4.41. The maximum Gasteiger partial charge on any atom is 0.107 e. The highest BCUT2D eigenvalue weighted by molar-refractivity contribution is 7.09. The molecule has 78 valence electrons. The smallest absolute Gasteiger partial charge is 0.107 e. The van der Waals surface area contributed by atoms with Gasteiger partial charge in [0.15, 0.2) is 0 Å². The Morgan fingerprint density at radius 3 is 2.67 bits per heavy atom. The van der Waals surface area contributed by atoms with E-state index in [1.807, 2.05) is 13.0 Å². The molecule has 0 atom stereocenters. The van der Waals surface area contributed by atoms with Crippen LogP contribution >= 0.6 is 11.3 Å². The molecule has 0 aliphatic rings. The number of nitrogens with one attached hydrogen (secondary N) is 1. The minimum atomic E-state index is 0.855. The third kappa shape index (κ3) is 3.15. The van der Waals surface area contributed by atoms with Crippen molar-refractivity contribution in [3.05, 3.63) is 52.0 Å². The van der Waals surface area contributed by atoms with Gasteiger partial charge in [-0.15, -0.1) is 11.3 Å². The molecule has 2 aromatic rings. The number of rotatable bonds is 4. The first-order valence-corrected chi connectivity index (χ1v) is 5.88. The van der Waals surface area contributed by atoms with Crippen LogP contribution in [0.15, 0.2) is 35.7 Å². The van der Waals surface area contributed by atoms with Gasteiger partial charge >= 0.3 is 0 Å². The van der Waals surface area contributed by atoms with Crippen LogP contribution in [-0.2, 0) is 13.1 Å². The molecule has 1 N–H and O–H groups in total. The number of hydrogen-bond acceptors (Lipinski definition) is 3. The van der Waals surface area contributed by atoms with E-state index in [1.54, 1.807) is 11.3 Å². The van der Waals surface area contributed by atoms with Gasteiger partial charge in [0.2, 0.25) is 0 Å². The highest BCUT2D eigenvalue weighted by Crippen LogP contribution is 2.08. The van der Waals surface area contributed by atoms with Gasteiger partial charge in [0.25, 0.3) is 0 Å². The molecule has 1 aromatic carbocycles. The summed E-state index contributed by atoms with van der Waals surface area (Å²) in [6.07, 6.45) is 0.